The van der Waals surface area contributed by atoms with Crippen molar-refractivity contribution in [3.8, 4) is 5.75 Å². The van der Waals surface area contributed by atoms with Crippen molar-refractivity contribution in [3.05, 3.63) is 23.2 Å². The van der Waals surface area contributed by atoms with Crippen molar-refractivity contribution < 1.29 is 17.9 Å². The number of carbonyl (C=O) groups is 1. The minimum Gasteiger partial charge on any atom is -0.489 e. The van der Waals surface area contributed by atoms with Crippen LogP contribution in [0.5, 0.6) is 5.75 Å². The molecule has 1 aromatic rings. The monoisotopic (exact) mass is 385 g/mol. The maximum absolute atomic E-state index is 12.9. The fourth-order valence-corrected chi connectivity index (χ4v) is 5.26. The molecule has 136 valence electrons. The molecule has 3 aliphatic rings. The normalized spacial score (nSPS) is 21.6. The van der Waals surface area contributed by atoms with E-state index in [0.717, 1.165) is 12.8 Å². The van der Waals surface area contributed by atoms with Crippen molar-refractivity contribution in [3.63, 3.8) is 0 Å². The highest BCUT2D eigenvalue weighted by molar-refractivity contribution is 7.90. The zero-order valence-corrected chi connectivity index (χ0v) is 15.3. The third kappa shape index (κ3) is 3.18. The van der Waals surface area contributed by atoms with Crippen LogP contribution in [0, 0.1) is 0 Å². The molecule has 4 rings (SSSR count). The van der Waals surface area contributed by atoms with Gasteiger partial charge in [0.05, 0.1) is 17.5 Å². The van der Waals surface area contributed by atoms with Gasteiger partial charge in [-0.3, -0.25) is 4.90 Å². The van der Waals surface area contributed by atoms with E-state index < -0.39 is 10.0 Å². The van der Waals surface area contributed by atoms with Crippen LogP contribution in [0.3, 0.4) is 0 Å². The van der Waals surface area contributed by atoms with Crippen molar-refractivity contribution in [2.24, 2.45) is 0 Å². The lowest BCUT2D eigenvalue weighted by Gasteiger charge is -2.38. The van der Waals surface area contributed by atoms with E-state index in [0.29, 0.717) is 55.8 Å². The third-order valence-electron chi connectivity index (χ3n) is 4.83. The molecule has 1 aromatic carbocycles. The summed E-state index contributed by atoms with van der Waals surface area (Å²) in [6, 6.07) is 5.10. The molecule has 2 heterocycles. The van der Waals surface area contributed by atoms with Crippen LogP contribution in [0.25, 0.3) is 0 Å². The van der Waals surface area contributed by atoms with Crippen LogP contribution in [0.4, 0.5) is 10.5 Å². The molecule has 2 fully saturated rings. The number of urea groups is 1. The Morgan fingerprint density at radius 2 is 1.84 bits per heavy atom. The average molecular weight is 386 g/mol. The molecule has 1 saturated heterocycles. The number of fused-ring (bicyclic) bond motifs is 1. The number of hydrogen-bond acceptors (Lipinski definition) is 4. The van der Waals surface area contributed by atoms with Crippen molar-refractivity contribution >= 4 is 33.3 Å². The fraction of sp³-hybridized carbons (Fsp3) is 0.562. The summed E-state index contributed by atoms with van der Waals surface area (Å²) in [5.41, 5.74) is 0.702. The van der Waals surface area contributed by atoms with Crippen molar-refractivity contribution in [2.75, 3.05) is 44.2 Å². The molecule has 0 aromatic heterocycles. The van der Waals surface area contributed by atoms with E-state index in [2.05, 4.69) is 0 Å². The number of benzene rings is 1. The molecule has 2 aliphatic heterocycles. The molecular weight excluding hydrogens is 366 g/mol. The van der Waals surface area contributed by atoms with E-state index >= 15 is 0 Å². The first kappa shape index (κ1) is 16.9. The van der Waals surface area contributed by atoms with Crippen LogP contribution in [0.1, 0.15) is 12.8 Å². The largest absolute Gasteiger partial charge is 0.489 e. The standard InChI is InChI=1S/C16H20ClN3O4S/c17-12-1-4-14-15(11-12)24-10-9-20(14)16(21)18-5-7-19(8-6-18)25(22,23)13-2-3-13/h1,4,11,13H,2-3,5-10H2. The number of carbonyl (C=O) groups excluding carboxylic acids is 1. The molecule has 25 heavy (non-hydrogen) atoms. The van der Waals surface area contributed by atoms with Crippen LogP contribution >= 0.6 is 11.6 Å². The van der Waals surface area contributed by atoms with Crippen molar-refractivity contribution in [2.45, 2.75) is 18.1 Å². The van der Waals surface area contributed by atoms with E-state index in [1.165, 1.54) is 4.31 Å². The number of amides is 2. The van der Waals surface area contributed by atoms with Crippen LogP contribution in [0.15, 0.2) is 18.2 Å². The first-order valence-electron chi connectivity index (χ1n) is 8.44. The van der Waals surface area contributed by atoms with Gasteiger partial charge in [0.2, 0.25) is 10.0 Å². The summed E-state index contributed by atoms with van der Waals surface area (Å²) in [4.78, 5) is 16.3. The molecule has 1 aliphatic carbocycles. The lowest BCUT2D eigenvalue weighted by Crippen LogP contribution is -2.55. The van der Waals surface area contributed by atoms with Gasteiger partial charge in [0.1, 0.15) is 12.4 Å². The SMILES string of the molecule is O=C(N1CCN(S(=O)(=O)C2CC2)CC1)N1CCOc2cc(Cl)ccc21. The van der Waals surface area contributed by atoms with E-state index in [1.54, 1.807) is 28.0 Å². The van der Waals surface area contributed by atoms with Gasteiger partial charge in [-0.15, -0.1) is 0 Å². The molecule has 7 nitrogen and oxygen atoms in total. The summed E-state index contributed by atoms with van der Waals surface area (Å²) in [5, 5.41) is 0.359. The maximum Gasteiger partial charge on any atom is 0.324 e. The van der Waals surface area contributed by atoms with Gasteiger partial charge in [0.25, 0.3) is 0 Å². The van der Waals surface area contributed by atoms with Gasteiger partial charge in [-0.25, -0.2) is 13.2 Å². The molecule has 0 radical (unpaired) electrons. The van der Waals surface area contributed by atoms with E-state index in [9.17, 15) is 13.2 Å². The molecule has 1 saturated carbocycles. The first-order valence-corrected chi connectivity index (χ1v) is 10.3. The Morgan fingerprint density at radius 3 is 2.52 bits per heavy atom. The Hall–Kier alpha value is -1.51. The maximum atomic E-state index is 12.9. The number of rotatable bonds is 2. The highest BCUT2D eigenvalue weighted by Crippen LogP contribution is 2.35. The highest BCUT2D eigenvalue weighted by Gasteiger charge is 2.41. The molecule has 0 atom stereocenters. The van der Waals surface area contributed by atoms with Crippen molar-refractivity contribution in [1.29, 1.82) is 0 Å². The van der Waals surface area contributed by atoms with E-state index in [1.807, 2.05) is 0 Å². The van der Waals surface area contributed by atoms with E-state index in [4.69, 9.17) is 16.3 Å². The number of piperazine rings is 1. The predicted molar refractivity (Wildman–Crippen MR) is 94.8 cm³/mol. The second-order valence-electron chi connectivity index (χ2n) is 6.53. The molecular formula is C16H20ClN3O4S. The smallest absolute Gasteiger partial charge is 0.324 e. The molecule has 9 heteroatoms. The summed E-state index contributed by atoms with van der Waals surface area (Å²) >= 11 is 5.99. The number of nitrogens with zero attached hydrogens (tertiary/aromatic N) is 3. The van der Waals surface area contributed by atoms with Crippen molar-refractivity contribution in [1.82, 2.24) is 9.21 Å². The van der Waals surface area contributed by atoms with Crippen LogP contribution < -0.4 is 9.64 Å². The van der Waals surface area contributed by atoms with Gasteiger partial charge in [-0.1, -0.05) is 11.6 Å². The van der Waals surface area contributed by atoms with Gasteiger partial charge in [-0.05, 0) is 25.0 Å². The van der Waals surface area contributed by atoms with Crippen LogP contribution in [-0.2, 0) is 10.0 Å². The van der Waals surface area contributed by atoms with Gasteiger partial charge >= 0.3 is 6.03 Å². The molecule has 0 spiro atoms. The Balaban J connectivity index is 1.45. The summed E-state index contributed by atoms with van der Waals surface area (Å²) < 4.78 is 31.7. The topological polar surface area (TPSA) is 70.2 Å². The number of sulfonamides is 1. The van der Waals surface area contributed by atoms with E-state index in [-0.39, 0.29) is 11.3 Å². The lowest BCUT2D eigenvalue weighted by molar-refractivity contribution is 0.175. The second-order valence-corrected chi connectivity index (χ2v) is 9.17. The third-order valence-corrected chi connectivity index (χ3v) is 7.46. The molecule has 0 N–H and O–H groups in total. The fourth-order valence-electron chi connectivity index (χ4n) is 3.27. The summed E-state index contributed by atoms with van der Waals surface area (Å²) in [6.45, 7) is 2.42. The van der Waals surface area contributed by atoms with Gasteiger partial charge in [0.15, 0.2) is 0 Å². The lowest BCUT2D eigenvalue weighted by atomic mass is 10.2. The highest BCUT2D eigenvalue weighted by atomic mass is 35.5. The minimum absolute atomic E-state index is 0.115. The summed E-state index contributed by atoms with van der Waals surface area (Å²) in [6.07, 6.45) is 1.52. The van der Waals surface area contributed by atoms with Gasteiger partial charge in [-0.2, -0.15) is 4.31 Å². The van der Waals surface area contributed by atoms with Gasteiger partial charge < -0.3 is 9.64 Å². The number of ether oxygens (including phenoxy) is 1. The number of halogens is 1. The Labute approximate surface area is 152 Å². The second kappa shape index (κ2) is 6.34. The first-order chi connectivity index (χ1) is 12.0. The quantitative estimate of drug-likeness (QED) is 0.778. The minimum atomic E-state index is -3.17. The Kier molecular flexibility index (Phi) is 4.29. The number of hydrogen-bond donors (Lipinski definition) is 0. The van der Waals surface area contributed by atoms with Gasteiger partial charge in [0, 0.05) is 37.3 Å². The Bertz CT molecular complexity index is 789. The zero-order chi connectivity index (χ0) is 17.6. The van der Waals surface area contributed by atoms with Crippen LogP contribution in [0.2, 0.25) is 5.02 Å². The summed E-state index contributed by atoms with van der Waals surface area (Å²) in [5.74, 6) is 0.599. The molecule has 0 bridgehead atoms. The summed E-state index contributed by atoms with van der Waals surface area (Å²) in [7, 11) is -3.17. The molecule has 0 unspecified atom stereocenters. The van der Waals surface area contributed by atoms with Crippen LogP contribution in [-0.4, -0.2) is 68.2 Å². The predicted octanol–water partition coefficient (Wildman–Crippen LogP) is 1.77. The number of anilines is 1. The average Bonchev–Trinajstić information content (AvgIpc) is 3.46. The zero-order valence-electron chi connectivity index (χ0n) is 13.7. The Morgan fingerprint density at radius 1 is 1.12 bits per heavy atom. The molecule has 2 amide bonds.